The van der Waals surface area contributed by atoms with E-state index in [1.165, 1.54) is 5.56 Å². The van der Waals surface area contributed by atoms with Crippen LogP contribution in [0.25, 0.3) is 0 Å². The first-order valence-electron chi connectivity index (χ1n) is 11.9. The summed E-state index contributed by atoms with van der Waals surface area (Å²) in [6.45, 7) is 5.51. The SMILES string of the molecule is CC(C)(C)OC(=O)N[C@H]1CCCC[C@H]1Nc1cc(Nc2ccc3c(n2)CCC3)c(C(N)=O)nn1. The average Bonchev–Trinajstić information content (AvgIpc) is 3.22. The number of alkyl carbamates (subject to hydrolysis) is 1. The van der Waals surface area contributed by atoms with E-state index in [0.717, 1.165) is 50.6 Å². The molecule has 4 rings (SSSR count). The van der Waals surface area contributed by atoms with Crippen molar-refractivity contribution in [3.05, 3.63) is 35.2 Å². The molecule has 182 valence electrons. The van der Waals surface area contributed by atoms with Crippen molar-refractivity contribution in [3.8, 4) is 0 Å². The molecule has 2 aliphatic carbocycles. The third kappa shape index (κ3) is 5.92. The summed E-state index contributed by atoms with van der Waals surface area (Å²) in [5.74, 6) is 0.436. The Morgan fingerprint density at radius 3 is 2.53 bits per heavy atom. The van der Waals surface area contributed by atoms with Gasteiger partial charge in [-0.2, -0.15) is 0 Å². The number of rotatable bonds is 6. The lowest BCUT2D eigenvalue weighted by atomic mass is 9.90. The lowest BCUT2D eigenvalue weighted by Gasteiger charge is -2.33. The molecule has 2 heterocycles. The van der Waals surface area contributed by atoms with E-state index in [1.807, 2.05) is 26.8 Å². The van der Waals surface area contributed by atoms with Gasteiger partial charge in [-0.1, -0.05) is 18.9 Å². The predicted octanol–water partition coefficient (Wildman–Crippen LogP) is 3.45. The molecule has 2 aromatic heterocycles. The molecule has 1 fully saturated rings. The summed E-state index contributed by atoms with van der Waals surface area (Å²) in [5, 5.41) is 17.8. The third-order valence-electron chi connectivity index (χ3n) is 6.02. The Morgan fingerprint density at radius 1 is 1.03 bits per heavy atom. The fraction of sp³-hybridized carbons (Fsp3) is 0.542. The highest BCUT2D eigenvalue weighted by Crippen LogP contribution is 2.27. The minimum absolute atomic E-state index is 0.0416. The zero-order valence-corrected chi connectivity index (χ0v) is 20.0. The van der Waals surface area contributed by atoms with Gasteiger partial charge in [0.05, 0.1) is 11.7 Å². The lowest BCUT2D eigenvalue weighted by Crippen LogP contribution is -2.49. The van der Waals surface area contributed by atoms with Crippen LogP contribution in [0.1, 0.15) is 74.6 Å². The van der Waals surface area contributed by atoms with Gasteiger partial charge in [-0.25, -0.2) is 9.78 Å². The molecule has 0 aliphatic heterocycles. The Labute approximate surface area is 199 Å². The Bertz CT molecular complexity index is 1070. The number of anilines is 3. The number of nitrogens with zero attached hydrogens (tertiary/aromatic N) is 3. The minimum atomic E-state index is -0.676. The molecule has 1 saturated carbocycles. The lowest BCUT2D eigenvalue weighted by molar-refractivity contribution is 0.0488. The summed E-state index contributed by atoms with van der Waals surface area (Å²) in [4.78, 5) is 29.0. The molecule has 5 N–H and O–H groups in total. The monoisotopic (exact) mass is 467 g/mol. The highest BCUT2D eigenvalue weighted by Gasteiger charge is 2.29. The van der Waals surface area contributed by atoms with Gasteiger partial charge in [-0.15, -0.1) is 10.2 Å². The standard InChI is InChI=1S/C24H33N7O3/c1-24(2,3)34-23(33)29-17-9-5-4-8-16(17)27-20-13-18(21(22(25)32)31-30-20)28-19-12-11-14-7-6-10-15(14)26-19/h11-13,16-17H,4-10H2,1-3H3,(H2,25,32)(H,29,33)(H2,26,27,28,30)/t16-,17+/m1/s1. The van der Waals surface area contributed by atoms with Gasteiger partial charge in [0, 0.05) is 17.8 Å². The predicted molar refractivity (Wildman–Crippen MR) is 129 cm³/mol. The van der Waals surface area contributed by atoms with E-state index >= 15 is 0 Å². The van der Waals surface area contributed by atoms with Crippen LogP contribution in [0.5, 0.6) is 0 Å². The molecule has 0 aromatic carbocycles. The van der Waals surface area contributed by atoms with Gasteiger partial charge in [-0.05, 0) is 64.5 Å². The van der Waals surface area contributed by atoms with E-state index in [0.29, 0.717) is 17.3 Å². The molecular formula is C24H33N7O3. The van der Waals surface area contributed by atoms with Crippen molar-refractivity contribution in [2.45, 2.75) is 83.4 Å². The zero-order chi connectivity index (χ0) is 24.3. The first-order valence-corrected chi connectivity index (χ1v) is 11.9. The number of hydrogen-bond donors (Lipinski definition) is 4. The number of primary amides is 1. The maximum absolute atomic E-state index is 12.3. The molecule has 2 amide bonds. The van der Waals surface area contributed by atoms with Crippen molar-refractivity contribution in [2.24, 2.45) is 5.73 Å². The summed E-state index contributed by atoms with van der Waals surface area (Å²) in [7, 11) is 0. The number of carbonyl (C=O) groups is 2. The fourth-order valence-electron chi connectivity index (χ4n) is 4.49. The van der Waals surface area contributed by atoms with Crippen molar-refractivity contribution >= 4 is 29.3 Å². The average molecular weight is 468 g/mol. The number of carbonyl (C=O) groups excluding carboxylic acids is 2. The second-order valence-corrected chi connectivity index (χ2v) is 9.92. The first kappa shape index (κ1) is 23.7. The van der Waals surface area contributed by atoms with Crippen molar-refractivity contribution in [2.75, 3.05) is 10.6 Å². The number of aromatic nitrogens is 3. The Hall–Kier alpha value is -3.43. The molecule has 0 spiro atoms. The Morgan fingerprint density at radius 2 is 1.79 bits per heavy atom. The second kappa shape index (κ2) is 9.82. The van der Waals surface area contributed by atoms with Crippen LogP contribution in [-0.2, 0) is 17.6 Å². The van der Waals surface area contributed by atoms with Crippen LogP contribution in [0, 0.1) is 0 Å². The van der Waals surface area contributed by atoms with Crippen LogP contribution in [-0.4, -0.2) is 44.9 Å². The molecule has 0 unspecified atom stereocenters. The van der Waals surface area contributed by atoms with E-state index in [2.05, 4.69) is 37.2 Å². The van der Waals surface area contributed by atoms with Gasteiger partial charge >= 0.3 is 6.09 Å². The number of ether oxygens (including phenoxy) is 1. The smallest absolute Gasteiger partial charge is 0.407 e. The number of pyridine rings is 1. The molecule has 2 aliphatic rings. The first-order chi connectivity index (χ1) is 16.2. The van der Waals surface area contributed by atoms with Gasteiger partial charge in [0.1, 0.15) is 11.4 Å². The maximum atomic E-state index is 12.3. The summed E-state index contributed by atoms with van der Waals surface area (Å²) >= 11 is 0. The quantitative estimate of drug-likeness (QED) is 0.506. The van der Waals surface area contributed by atoms with Crippen LogP contribution in [0.15, 0.2) is 18.2 Å². The van der Waals surface area contributed by atoms with Crippen LogP contribution in [0.2, 0.25) is 0 Å². The third-order valence-corrected chi connectivity index (χ3v) is 6.02. The summed E-state index contributed by atoms with van der Waals surface area (Å²) < 4.78 is 5.42. The van der Waals surface area contributed by atoms with Crippen LogP contribution in [0.4, 0.5) is 22.1 Å². The van der Waals surface area contributed by atoms with Gasteiger partial charge in [0.2, 0.25) is 0 Å². The Kier molecular flexibility index (Phi) is 6.85. The normalized spacial score (nSPS) is 19.7. The van der Waals surface area contributed by atoms with Crippen molar-refractivity contribution < 1.29 is 14.3 Å². The van der Waals surface area contributed by atoms with Crippen molar-refractivity contribution in [1.29, 1.82) is 0 Å². The Balaban J connectivity index is 1.51. The maximum Gasteiger partial charge on any atom is 0.407 e. The number of nitrogens with one attached hydrogen (secondary N) is 3. The van der Waals surface area contributed by atoms with E-state index in [-0.39, 0.29) is 17.8 Å². The number of amides is 2. The fourth-order valence-corrected chi connectivity index (χ4v) is 4.49. The van der Waals surface area contributed by atoms with Crippen molar-refractivity contribution in [3.63, 3.8) is 0 Å². The highest BCUT2D eigenvalue weighted by atomic mass is 16.6. The van der Waals surface area contributed by atoms with Crippen molar-refractivity contribution in [1.82, 2.24) is 20.5 Å². The topological polar surface area (TPSA) is 144 Å². The number of hydrogen-bond acceptors (Lipinski definition) is 8. The van der Waals surface area contributed by atoms with Crippen LogP contribution >= 0.6 is 0 Å². The number of nitrogens with two attached hydrogens (primary N) is 1. The van der Waals surface area contributed by atoms with Crippen LogP contribution in [0.3, 0.4) is 0 Å². The molecular weight excluding hydrogens is 434 g/mol. The summed E-state index contributed by atoms with van der Waals surface area (Å²) in [5.41, 5.74) is 7.78. The molecule has 0 saturated heterocycles. The molecule has 0 radical (unpaired) electrons. The molecule has 34 heavy (non-hydrogen) atoms. The number of aryl methyl sites for hydroxylation is 2. The molecule has 10 heteroatoms. The van der Waals surface area contributed by atoms with E-state index < -0.39 is 17.6 Å². The molecule has 10 nitrogen and oxygen atoms in total. The highest BCUT2D eigenvalue weighted by molar-refractivity contribution is 5.97. The van der Waals surface area contributed by atoms with Gasteiger partial charge < -0.3 is 26.4 Å². The largest absolute Gasteiger partial charge is 0.444 e. The summed E-state index contributed by atoms with van der Waals surface area (Å²) in [6.07, 6.45) is 6.38. The molecule has 0 bridgehead atoms. The summed E-state index contributed by atoms with van der Waals surface area (Å²) in [6, 6.07) is 5.49. The van der Waals surface area contributed by atoms with Gasteiger partial charge in [0.15, 0.2) is 11.5 Å². The van der Waals surface area contributed by atoms with Gasteiger partial charge in [0.25, 0.3) is 5.91 Å². The zero-order valence-electron chi connectivity index (χ0n) is 20.0. The molecule has 2 atom stereocenters. The second-order valence-electron chi connectivity index (χ2n) is 9.92. The van der Waals surface area contributed by atoms with Gasteiger partial charge in [-0.3, -0.25) is 4.79 Å². The van der Waals surface area contributed by atoms with Crippen LogP contribution < -0.4 is 21.7 Å². The van der Waals surface area contributed by atoms with E-state index in [4.69, 9.17) is 10.5 Å². The minimum Gasteiger partial charge on any atom is -0.444 e. The molecule has 2 aromatic rings. The van der Waals surface area contributed by atoms with E-state index in [1.54, 1.807) is 6.07 Å². The number of fused-ring (bicyclic) bond motifs is 1. The van der Waals surface area contributed by atoms with E-state index in [9.17, 15) is 9.59 Å².